The van der Waals surface area contributed by atoms with Crippen LogP contribution in [0.1, 0.15) is 21.5 Å². The number of anilines is 1. The highest BCUT2D eigenvalue weighted by Gasteiger charge is 2.18. The van der Waals surface area contributed by atoms with Crippen LogP contribution in [0.25, 0.3) is 0 Å². The molecule has 0 aliphatic carbocycles. The molecule has 1 aromatic carbocycles. The van der Waals surface area contributed by atoms with Crippen LogP contribution >= 0.6 is 0 Å². The fraction of sp³-hybridized carbons (Fsp3) is 0.250. The van der Waals surface area contributed by atoms with Crippen LogP contribution in [0.4, 0.5) is 10.2 Å². The lowest BCUT2D eigenvalue weighted by atomic mass is 10.1. The van der Waals surface area contributed by atoms with E-state index in [1.165, 1.54) is 6.07 Å². The molecule has 4 nitrogen and oxygen atoms in total. The van der Waals surface area contributed by atoms with Crippen molar-refractivity contribution >= 4 is 11.7 Å². The third-order valence-corrected chi connectivity index (χ3v) is 3.34. The van der Waals surface area contributed by atoms with E-state index in [-0.39, 0.29) is 11.5 Å². The lowest BCUT2D eigenvalue weighted by Crippen LogP contribution is -2.27. The summed E-state index contributed by atoms with van der Waals surface area (Å²) in [6.45, 7) is 2.46. The molecule has 0 atom stereocenters. The average molecular weight is 287 g/mol. The van der Waals surface area contributed by atoms with Gasteiger partial charge in [-0.3, -0.25) is 4.79 Å². The Morgan fingerprint density at radius 3 is 2.76 bits per heavy atom. The smallest absolute Gasteiger partial charge is 0.257 e. The van der Waals surface area contributed by atoms with Gasteiger partial charge in [0.2, 0.25) is 0 Å². The molecule has 2 rings (SSSR count). The highest BCUT2D eigenvalue weighted by atomic mass is 19.1. The molecule has 0 aliphatic heterocycles. The normalized spacial score (nSPS) is 10.3. The Morgan fingerprint density at radius 1 is 1.38 bits per heavy atom. The van der Waals surface area contributed by atoms with Crippen LogP contribution in [0.3, 0.4) is 0 Å². The number of pyridine rings is 1. The van der Waals surface area contributed by atoms with Crippen LogP contribution in [0.5, 0.6) is 0 Å². The van der Waals surface area contributed by atoms with E-state index >= 15 is 0 Å². The van der Waals surface area contributed by atoms with Gasteiger partial charge in [0.15, 0.2) is 0 Å². The monoisotopic (exact) mass is 287 g/mol. The van der Waals surface area contributed by atoms with Gasteiger partial charge in [-0.05, 0) is 24.1 Å². The van der Waals surface area contributed by atoms with Crippen LogP contribution in [-0.2, 0) is 6.54 Å². The van der Waals surface area contributed by atoms with E-state index in [9.17, 15) is 9.18 Å². The van der Waals surface area contributed by atoms with Crippen LogP contribution in [0.15, 0.2) is 36.5 Å². The van der Waals surface area contributed by atoms with Crippen LogP contribution in [0.2, 0.25) is 0 Å². The Bertz CT molecular complexity index is 658. The van der Waals surface area contributed by atoms with Gasteiger partial charge in [0, 0.05) is 20.6 Å². The summed E-state index contributed by atoms with van der Waals surface area (Å²) in [5, 5.41) is 2.81. The van der Waals surface area contributed by atoms with Crippen molar-refractivity contribution in [2.45, 2.75) is 13.5 Å². The van der Waals surface area contributed by atoms with Crippen LogP contribution < -0.4 is 5.32 Å². The zero-order valence-corrected chi connectivity index (χ0v) is 12.4. The van der Waals surface area contributed by atoms with Crippen molar-refractivity contribution in [3.8, 4) is 0 Å². The van der Waals surface area contributed by atoms with Gasteiger partial charge in [-0.15, -0.1) is 0 Å². The first kappa shape index (κ1) is 15.0. The SMILES string of the molecule is CNc1ncc(F)cc1C(=O)N(C)Cc1ccccc1C. The quantitative estimate of drug-likeness (QED) is 0.940. The number of nitrogens with zero attached hydrogens (tertiary/aromatic N) is 2. The summed E-state index contributed by atoms with van der Waals surface area (Å²) in [6, 6.07) is 9.06. The van der Waals surface area contributed by atoms with Gasteiger partial charge in [0.1, 0.15) is 11.6 Å². The molecule has 5 heteroatoms. The molecule has 0 aliphatic rings. The minimum Gasteiger partial charge on any atom is -0.372 e. The van der Waals surface area contributed by atoms with E-state index in [1.807, 2.05) is 31.2 Å². The lowest BCUT2D eigenvalue weighted by Gasteiger charge is -2.19. The second-order valence-corrected chi connectivity index (χ2v) is 4.89. The van der Waals surface area contributed by atoms with Crippen molar-refractivity contribution in [1.29, 1.82) is 0 Å². The van der Waals surface area contributed by atoms with E-state index in [2.05, 4.69) is 10.3 Å². The number of rotatable bonds is 4. The van der Waals surface area contributed by atoms with Gasteiger partial charge in [-0.2, -0.15) is 0 Å². The molecule has 0 saturated carbocycles. The fourth-order valence-electron chi connectivity index (χ4n) is 2.12. The first-order valence-corrected chi connectivity index (χ1v) is 6.66. The van der Waals surface area contributed by atoms with Crippen molar-refractivity contribution in [2.24, 2.45) is 0 Å². The largest absolute Gasteiger partial charge is 0.372 e. The summed E-state index contributed by atoms with van der Waals surface area (Å²) in [6.07, 6.45) is 1.09. The molecule has 1 N–H and O–H groups in total. The van der Waals surface area contributed by atoms with Crippen LogP contribution in [0, 0.1) is 12.7 Å². The highest BCUT2D eigenvalue weighted by molar-refractivity contribution is 5.98. The Kier molecular flexibility index (Phi) is 4.52. The summed E-state index contributed by atoms with van der Waals surface area (Å²) in [7, 11) is 3.34. The van der Waals surface area contributed by atoms with Crippen molar-refractivity contribution in [1.82, 2.24) is 9.88 Å². The van der Waals surface area contributed by atoms with Gasteiger partial charge >= 0.3 is 0 Å². The predicted octanol–water partition coefficient (Wildman–Crippen LogP) is 2.84. The minimum absolute atomic E-state index is 0.230. The molecule has 0 radical (unpaired) electrons. The topological polar surface area (TPSA) is 45.2 Å². The standard InChI is InChI=1S/C16H18FN3O/c1-11-6-4-5-7-12(11)10-20(3)16(21)14-8-13(17)9-19-15(14)18-2/h4-9H,10H2,1-3H3,(H,18,19). The van der Waals surface area contributed by atoms with Gasteiger partial charge < -0.3 is 10.2 Å². The third kappa shape index (κ3) is 3.37. The Morgan fingerprint density at radius 2 is 2.10 bits per heavy atom. The number of benzene rings is 1. The number of aryl methyl sites for hydroxylation is 1. The molecular weight excluding hydrogens is 269 g/mol. The number of hydrogen-bond acceptors (Lipinski definition) is 3. The molecular formula is C16H18FN3O. The zero-order valence-electron chi connectivity index (χ0n) is 12.4. The molecule has 0 saturated heterocycles. The lowest BCUT2D eigenvalue weighted by molar-refractivity contribution is 0.0785. The summed E-state index contributed by atoms with van der Waals surface area (Å²) < 4.78 is 13.3. The number of nitrogens with one attached hydrogen (secondary N) is 1. The van der Waals surface area contributed by atoms with Gasteiger partial charge in [-0.25, -0.2) is 9.37 Å². The van der Waals surface area contributed by atoms with E-state index in [0.717, 1.165) is 17.3 Å². The molecule has 0 unspecified atom stereocenters. The fourth-order valence-corrected chi connectivity index (χ4v) is 2.12. The summed E-state index contributed by atoms with van der Waals surface area (Å²) in [5.74, 6) is -0.422. The molecule has 1 heterocycles. The third-order valence-electron chi connectivity index (χ3n) is 3.34. The second-order valence-electron chi connectivity index (χ2n) is 4.89. The first-order valence-electron chi connectivity index (χ1n) is 6.66. The Hall–Kier alpha value is -2.43. The molecule has 0 spiro atoms. The summed E-state index contributed by atoms with van der Waals surface area (Å²) in [5.41, 5.74) is 2.40. The average Bonchev–Trinajstić information content (AvgIpc) is 2.48. The van der Waals surface area contributed by atoms with E-state index in [1.54, 1.807) is 19.0 Å². The molecule has 0 bridgehead atoms. The highest BCUT2D eigenvalue weighted by Crippen LogP contribution is 2.17. The van der Waals surface area contributed by atoms with Crippen molar-refractivity contribution in [2.75, 3.05) is 19.4 Å². The summed E-state index contributed by atoms with van der Waals surface area (Å²) >= 11 is 0. The maximum atomic E-state index is 13.3. The molecule has 2 aromatic rings. The number of carbonyl (C=O) groups is 1. The predicted molar refractivity (Wildman–Crippen MR) is 80.7 cm³/mol. The van der Waals surface area contributed by atoms with E-state index in [4.69, 9.17) is 0 Å². The molecule has 0 fully saturated rings. The molecule has 1 aromatic heterocycles. The molecule has 21 heavy (non-hydrogen) atoms. The van der Waals surface area contributed by atoms with E-state index in [0.29, 0.717) is 12.4 Å². The van der Waals surface area contributed by atoms with Crippen molar-refractivity contribution in [3.63, 3.8) is 0 Å². The van der Waals surface area contributed by atoms with Gasteiger partial charge in [0.05, 0.1) is 11.8 Å². The van der Waals surface area contributed by atoms with Crippen molar-refractivity contribution in [3.05, 3.63) is 59.0 Å². The van der Waals surface area contributed by atoms with E-state index < -0.39 is 5.82 Å². The maximum Gasteiger partial charge on any atom is 0.257 e. The maximum absolute atomic E-state index is 13.3. The number of hydrogen-bond donors (Lipinski definition) is 1. The molecule has 110 valence electrons. The number of amides is 1. The minimum atomic E-state index is -0.526. The zero-order chi connectivity index (χ0) is 15.4. The van der Waals surface area contributed by atoms with Crippen molar-refractivity contribution < 1.29 is 9.18 Å². The van der Waals surface area contributed by atoms with Gasteiger partial charge in [0.25, 0.3) is 5.91 Å². The van der Waals surface area contributed by atoms with Gasteiger partial charge in [-0.1, -0.05) is 24.3 Å². The Labute approximate surface area is 123 Å². The number of halogens is 1. The van der Waals surface area contributed by atoms with Crippen LogP contribution in [-0.4, -0.2) is 29.9 Å². The second kappa shape index (κ2) is 6.35. The number of carbonyl (C=O) groups excluding carboxylic acids is 1. The summed E-state index contributed by atoms with van der Waals surface area (Å²) in [4.78, 5) is 17.9. The first-order chi connectivity index (χ1) is 10.0. The molecule has 1 amide bonds. The number of aromatic nitrogens is 1. The Balaban J connectivity index is 2.24.